The average Bonchev–Trinajstić information content (AvgIpc) is 2.79. The van der Waals surface area contributed by atoms with E-state index in [-0.39, 0.29) is 5.82 Å². The fourth-order valence-electron chi connectivity index (χ4n) is 2.11. The summed E-state index contributed by atoms with van der Waals surface area (Å²) in [5.74, 6) is -0.756. The van der Waals surface area contributed by atoms with Gasteiger partial charge in [0.25, 0.3) is 0 Å². The lowest BCUT2D eigenvalue weighted by Crippen LogP contribution is -2.00. The molecular weight excluding hydrogens is 274 g/mol. The highest BCUT2D eigenvalue weighted by Gasteiger charge is 2.10. The molecule has 0 fully saturated rings. The van der Waals surface area contributed by atoms with E-state index in [0.717, 1.165) is 11.8 Å². The molecule has 0 radical (unpaired) electrons. The van der Waals surface area contributed by atoms with Gasteiger partial charge in [0.2, 0.25) is 0 Å². The summed E-state index contributed by atoms with van der Waals surface area (Å²) in [5, 5.41) is 4.31. The molecule has 3 rings (SSSR count). The van der Waals surface area contributed by atoms with Crippen molar-refractivity contribution in [1.82, 2.24) is 14.8 Å². The van der Waals surface area contributed by atoms with Crippen molar-refractivity contribution in [1.29, 1.82) is 0 Å². The van der Waals surface area contributed by atoms with Crippen molar-refractivity contribution >= 4 is 5.69 Å². The highest BCUT2D eigenvalue weighted by atomic mass is 19.1. The predicted octanol–water partition coefficient (Wildman–Crippen LogP) is 2.85. The van der Waals surface area contributed by atoms with Gasteiger partial charge in [-0.1, -0.05) is 12.1 Å². The van der Waals surface area contributed by atoms with Gasteiger partial charge in [0, 0.05) is 18.0 Å². The lowest BCUT2D eigenvalue weighted by molar-refractivity contribution is 0.618. The smallest absolute Gasteiger partial charge is 0.142 e. The van der Waals surface area contributed by atoms with Crippen LogP contribution < -0.4 is 5.73 Å². The van der Waals surface area contributed by atoms with Gasteiger partial charge in [-0.3, -0.25) is 9.67 Å². The van der Waals surface area contributed by atoms with Crippen LogP contribution in [0.1, 0.15) is 5.56 Å². The van der Waals surface area contributed by atoms with Crippen molar-refractivity contribution < 1.29 is 8.78 Å². The van der Waals surface area contributed by atoms with Crippen LogP contribution in [0.5, 0.6) is 0 Å². The van der Waals surface area contributed by atoms with Gasteiger partial charge < -0.3 is 5.73 Å². The van der Waals surface area contributed by atoms with E-state index in [1.165, 1.54) is 24.4 Å². The summed E-state index contributed by atoms with van der Waals surface area (Å²) in [7, 11) is 0. The number of benzene rings is 1. The molecule has 2 heterocycles. The second kappa shape index (κ2) is 5.32. The number of halogens is 2. The number of hydrogen-bond donors (Lipinski definition) is 1. The Labute approximate surface area is 119 Å². The summed E-state index contributed by atoms with van der Waals surface area (Å²) in [6, 6.07) is 7.56. The SMILES string of the molecule is Nc1cn(Cc2cccc(F)c2)nc1-c1cncc(F)c1. The zero-order chi connectivity index (χ0) is 14.8. The number of rotatable bonds is 3. The van der Waals surface area contributed by atoms with Gasteiger partial charge >= 0.3 is 0 Å². The van der Waals surface area contributed by atoms with E-state index in [2.05, 4.69) is 10.1 Å². The zero-order valence-corrected chi connectivity index (χ0v) is 11.0. The first-order valence-electron chi connectivity index (χ1n) is 6.30. The van der Waals surface area contributed by atoms with E-state index in [1.54, 1.807) is 23.0 Å². The molecule has 0 amide bonds. The fraction of sp³-hybridized carbons (Fsp3) is 0.0667. The third-order valence-electron chi connectivity index (χ3n) is 3.00. The summed E-state index contributed by atoms with van der Waals surface area (Å²) in [4.78, 5) is 3.78. The Balaban J connectivity index is 1.91. The van der Waals surface area contributed by atoms with Crippen molar-refractivity contribution in [3.05, 3.63) is 66.1 Å². The van der Waals surface area contributed by atoms with Gasteiger partial charge in [-0.15, -0.1) is 0 Å². The van der Waals surface area contributed by atoms with Crippen LogP contribution >= 0.6 is 0 Å². The minimum absolute atomic E-state index is 0.304. The number of nitrogens with zero attached hydrogens (tertiary/aromatic N) is 3. The Morgan fingerprint density at radius 2 is 1.95 bits per heavy atom. The molecule has 4 nitrogen and oxygen atoms in total. The maximum Gasteiger partial charge on any atom is 0.142 e. The fourth-order valence-corrected chi connectivity index (χ4v) is 2.11. The highest BCUT2D eigenvalue weighted by Crippen LogP contribution is 2.24. The van der Waals surface area contributed by atoms with E-state index < -0.39 is 5.82 Å². The number of anilines is 1. The Bertz CT molecular complexity index is 783. The number of pyridine rings is 1. The maximum atomic E-state index is 13.2. The Kier molecular flexibility index (Phi) is 3.35. The molecular formula is C15H12F2N4. The van der Waals surface area contributed by atoms with Crippen LogP contribution in [-0.4, -0.2) is 14.8 Å². The molecule has 1 aromatic carbocycles. The Hall–Kier alpha value is -2.76. The third kappa shape index (κ3) is 2.89. The van der Waals surface area contributed by atoms with Crippen LogP contribution in [0.25, 0.3) is 11.3 Å². The molecule has 0 atom stereocenters. The minimum Gasteiger partial charge on any atom is -0.396 e. The molecule has 0 aliphatic heterocycles. The van der Waals surface area contributed by atoms with Gasteiger partial charge in [-0.2, -0.15) is 5.10 Å². The molecule has 0 aliphatic carbocycles. The van der Waals surface area contributed by atoms with E-state index in [9.17, 15) is 8.78 Å². The molecule has 3 aromatic rings. The van der Waals surface area contributed by atoms with Gasteiger partial charge in [-0.05, 0) is 23.8 Å². The van der Waals surface area contributed by atoms with Crippen LogP contribution in [0.15, 0.2) is 48.9 Å². The molecule has 21 heavy (non-hydrogen) atoms. The molecule has 2 N–H and O–H groups in total. The summed E-state index contributed by atoms with van der Waals surface area (Å²) in [5.41, 5.74) is 8.04. The first-order valence-corrected chi connectivity index (χ1v) is 6.30. The predicted molar refractivity (Wildman–Crippen MR) is 75.3 cm³/mol. The number of aromatic nitrogens is 3. The molecule has 0 saturated heterocycles. The van der Waals surface area contributed by atoms with Gasteiger partial charge in [0.05, 0.1) is 18.4 Å². The van der Waals surface area contributed by atoms with E-state index in [4.69, 9.17) is 5.73 Å². The minimum atomic E-state index is -0.452. The third-order valence-corrected chi connectivity index (χ3v) is 3.00. The topological polar surface area (TPSA) is 56.7 Å². The Morgan fingerprint density at radius 1 is 1.10 bits per heavy atom. The summed E-state index contributed by atoms with van der Waals surface area (Å²) < 4.78 is 28.0. The summed E-state index contributed by atoms with van der Waals surface area (Å²) in [6.45, 7) is 0.380. The van der Waals surface area contributed by atoms with Crippen LogP contribution in [-0.2, 0) is 6.54 Å². The molecule has 0 bridgehead atoms. The molecule has 0 aliphatic rings. The second-order valence-corrected chi connectivity index (χ2v) is 4.65. The van der Waals surface area contributed by atoms with Crippen LogP contribution in [0.3, 0.4) is 0 Å². The highest BCUT2D eigenvalue weighted by molar-refractivity contribution is 5.71. The van der Waals surface area contributed by atoms with Gasteiger partial charge in [0.15, 0.2) is 0 Å². The van der Waals surface area contributed by atoms with E-state index in [1.807, 2.05) is 0 Å². The van der Waals surface area contributed by atoms with E-state index in [0.29, 0.717) is 23.5 Å². The van der Waals surface area contributed by atoms with Crippen molar-refractivity contribution in [3.8, 4) is 11.3 Å². The molecule has 0 unspecified atom stereocenters. The van der Waals surface area contributed by atoms with Gasteiger partial charge in [-0.25, -0.2) is 8.78 Å². The maximum absolute atomic E-state index is 13.2. The van der Waals surface area contributed by atoms with Crippen molar-refractivity contribution in [2.75, 3.05) is 5.73 Å². The quantitative estimate of drug-likeness (QED) is 0.805. The number of hydrogen-bond acceptors (Lipinski definition) is 3. The monoisotopic (exact) mass is 286 g/mol. The summed E-state index contributed by atoms with van der Waals surface area (Å²) >= 11 is 0. The molecule has 2 aromatic heterocycles. The largest absolute Gasteiger partial charge is 0.396 e. The van der Waals surface area contributed by atoms with Gasteiger partial charge in [0.1, 0.15) is 17.3 Å². The van der Waals surface area contributed by atoms with E-state index >= 15 is 0 Å². The van der Waals surface area contributed by atoms with Crippen LogP contribution in [0.2, 0.25) is 0 Å². The van der Waals surface area contributed by atoms with Crippen LogP contribution in [0, 0.1) is 11.6 Å². The molecule has 0 saturated carbocycles. The molecule has 106 valence electrons. The summed E-state index contributed by atoms with van der Waals surface area (Å²) in [6.07, 6.45) is 4.24. The first kappa shape index (κ1) is 13.2. The first-order chi connectivity index (χ1) is 10.1. The Morgan fingerprint density at radius 3 is 2.71 bits per heavy atom. The molecule has 0 spiro atoms. The standard InChI is InChI=1S/C15H12F2N4/c16-12-3-1-2-10(4-12)8-21-9-14(18)15(20-21)11-5-13(17)7-19-6-11/h1-7,9H,8,18H2. The lowest BCUT2D eigenvalue weighted by Gasteiger charge is -2.02. The average molecular weight is 286 g/mol. The normalized spacial score (nSPS) is 10.8. The van der Waals surface area contributed by atoms with Crippen molar-refractivity contribution in [2.24, 2.45) is 0 Å². The lowest BCUT2D eigenvalue weighted by atomic mass is 10.2. The van der Waals surface area contributed by atoms with Crippen molar-refractivity contribution in [3.63, 3.8) is 0 Å². The van der Waals surface area contributed by atoms with Crippen LogP contribution in [0.4, 0.5) is 14.5 Å². The van der Waals surface area contributed by atoms with Crippen molar-refractivity contribution in [2.45, 2.75) is 6.54 Å². The number of nitrogen functional groups attached to an aromatic ring is 1. The number of nitrogens with two attached hydrogens (primary N) is 1. The molecule has 6 heteroatoms. The second-order valence-electron chi connectivity index (χ2n) is 4.65. The zero-order valence-electron chi connectivity index (χ0n) is 11.0.